The lowest BCUT2D eigenvalue weighted by atomic mass is 10.2. The summed E-state index contributed by atoms with van der Waals surface area (Å²) >= 11 is 3.29. The van der Waals surface area contributed by atoms with Crippen molar-refractivity contribution in [3.63, 3.8) is 0 Å². The van der Waals surface area contributed by atoms with E-state index in [1.54, 1.807) is 18.2 Å². The van der Waals surface area contributed by atoms with Crippen LogP contribution in [0.3, 0.4) is 0 Å². The summed E-state index contributed by atoms with van der Waals surface area (Å²) in [4.78, 5) is 16.4. The van der Waals surface area contributed by atoms with Gasteiger partial charge in [-0.15, -0.1) is 0 Å². The lowest BCUT2D eigenvalue weighted by Crippen LogP contribution is -2.33. The van der Waals surface area contributed by atoms with E-state index in [0.717, 1.165) is 15.0 Å². The molecule has 0 spiro atoms. The summed E-state index contributed by atoms with van der Waals surface area (Å²) in [6, 6.07) is 5.19. The molecule has 0 saturated heterocycles. The van der Waals surface area contributed by atoms with Crippen molar-refractivity contribution in [1.82, 2.24) is 13.9 Å². The molecule has 0 amide bonds. The van der Waals surface area contributed by atoms with Crippen LogP contribution in [0.25, 0.3) is 10.9 Å². The van der Waals surface area contributed by atoms with Gasteiger partial charge in [-0.05, 0) is 18.2 Å². The van der Waals surface area contributed by atoms with E-state index in [0.29, 0.717) is 10.9 Å². The van der Waals surface area contributed by atoms with E-state index in [1.165, 1.54) is 17.9 Å². The Kier molecular flexibility index (Phi) is 3.75. The van der Waals surface area contributed by atoms with Crippen molar-refractivity contribution in [3.8, 4) is 0 Å². The second-order valence-corrected chi connectivity index (χ2v) is 7.19. The topological polar surface area (TPSA) is 72.3 Å². The van der Waals surface area contributed by atoms with E-state index in [4.69, 9.17) is 0 Å². The minimum atomic E-state index is -3.34. The standard InChI is InChI=1S/C11H12BrN3O3S/c1-14(19(2,17)18)7-15-6-13-10-4-3-8(12)5-9(10)11(15)16/h3-6H,7H2,1-2H3. The number of hydrogen-bond acceptors (Lipinski definition) is 4. The molecule has 0 N–H and O–H groups in total. The third-order valence-corrected chi connectivity index (χ3v) is 4.44. The molecule has 2 rings (SSSR count). The second-order valence-electron chi connectivity index (χ2n) is 4.18. The number of benzene rings is 1. The molecule has 0 aliphatic carbocycles. The minimum absolute atomic E-state index is 0.0624. The average Bonchev–Trinajstić information content (AvgIpc) is 2.32. The van der Waals surface area contributed by atoms with Crippen molar-refractivity contribution in [2.24, 2.45) is 0 Å². The maximum atomic E-state index is 12.2. The Morgan fingerprint density at radius 1 is 1.42 bits per heavy atom. The zero-order chi connectivity index (χ0) is 14.2. The highest BCUT2D eigenvalue weighted by atomic mass is 79.9. The van der Waals surface area contributed by atoms with Gasteiger partial charge >= 0.3 is 0 Å². The summed E-state index contributed by atoms with van der Waals surface area (Å²) in [6.45, 7) is -0.0624. The lowest BCUT2D eigenvalue weighted by molar-refractivity contribution is 0.394. The van der Waals surface area contributed by atoms with Gasteiger partial charge in [-0.2, -0.15) is 4.31 Å². The van der Waals surface area contributed by atoms with Gasteiger partial charge in [0.15, 0.2) is 0 Å². The molecule has 0 fully saturated rings. The summed E-state index contributed by atoms with van der Waals surface area (Å²) in [5.41, 5.74) is 0.299. The molecular formula is C11H12BrN3O3S. The maximum absolute atomic E-state index is 12.2. The quantitative estimate of drug-likeness (QED) is 0.832. The van der Waals surface area contributed by atoms with Crippen LogP contribution in [0, 0.1) is 0 Å². The number of fused-ring (bicyclic) bond motifs is 1. The van der Waals surface area contributed by atoms with E-state index in [1.807, 2.05) is 0 Å². The molecule has 19 heavy (non-hydrogen) atoms. The molecule has 0 aliphatic rings. The van der Waals surface area contributed by atoms with Gasteiger partial charge in [-0.25, -0.2) is 13.4 Å². The van der Waals surface area contributed by atoms with Crippen LogP contribution in [0.2, 0.25) is 0 Å². The average molecular weight is 346 g/mol. The van der Waals surface area contributed by atoms with Crippen molar-refractivity contribution >= 4 is 36.9 Å². The van der Waals surface area contributed by atoms with E-state index in [2.05, 4.69) is 20.9 Å². The Labute approximate surface area is 118 Å². The highest BCUT2D eigenvalue weighted by molar-refractivity contribution is 9.10. The van der Waals surface area contributed by atoms with Gasteiger partial charge < -0.3 is 0 Å². The van der Waals surface area contributed by atoms with E-state index in [9.17, 15) is 13.2 Å². The first kappa shape index (κ1) is 14.2. The van der Waals surface area contributed by atoms with Crippen molar-refractivity contribution < 1.29 is 8.42 Å². The second kappa shape index (κ2) is 5.03. The van der Waals surface area contributed by atoms with E-state index < -0.39 is 10.0 Å². The molecule has 0 atom stereocenters. The molecule has 1 aromatic heterocycles. The number of rotatable bonds is 3. The predicted molar refractivity (Wildman–Crippen MR) is 76.3 cm³/mol. The van der Waals surface area contributed by atoms with Gasteiger partial charge in [-0.1, -0.05) is 15.9 Å². The number of sulfonamides is 1. The Balaban J connectivity index is 2.52. The summed E-state index contributed by atoms with van der Waals surface area (Å²) in [5.74, 6) is 0. The number of aromatic nitrogens is 2. The molecule has 2 aromatic rings. The number of hydrogen-bond donors (Lipinski definition) is 0. The molecule has 0 bridgehead atoms. The molecule has 0 radical (unpaired) electrons. The molecule has 102 valence electrons. The molecule has 0 aliphatic heterocycles. The van der Waals surface area contributed by atoms with Crippen LogP contribution >= 0.6 is 15.9 Å². The number of nitrogens with zero attached hydrogens (tertiary/aromatic N) is 3. The Morgan fingerprint density at radius 3 is 2.74 bits per heavy atom. The highest BCUT2D eigenvalue weighted by Gasteiger charge is 2.13. The van der Waals surface area contributed by atoms with Crippen molar-refractivity contribution in [2.75, 3.05) is 13.3 Å². The molecule has 0 unspecified atom stereocenters. The zero-order valence-electron chi connectivity index (χ0n) is 10.4. The van der Waals surface area contributed by atoms with Crippen molar-refractivity contribution in [2.45, 2.75) is 6.67 Å². The van der Waals surface area contributed by atoms with Crippen LogP contribution in [-0.2, 0) is 16.7 Å². The van der Waals surface area contributed by atoms with Gasteiger partial charge in [-0.3, -0.25) is 9.36 Å². The van der Waals surface area contributed by atoms with Crippen molar-refractivity contribution in [3.05, 3.63) is 39.4 Å². The van der Waals surface area contributed by atoms with Gasteiger partial charge in [0.25, 0.3) is 5.56 Å². The summed E-state index contributed by atoms with van der Waals surface area (Å²) in [5, 5.41) is 0.443. The van der Waals surface area contributed by atoms with Crippen LogP contribution in [0.5, 0.6) is 0 Å². The monoisotopic (exact) mass is 345 g/mol. The zero-order valence-corrected chi connectivity index (χ0v) is 12.8. The van der Waals surface area contributed by atoms with Gasteiger partial charge in [0, 0.05) is 11.5 Å². The molecule has 1 heterocycles. The first-order valence-corrected chi connectivity index (χ1v) is 7.99. The highest BCUT2D eigenvalue weighted by Crippen LogP contribution is 2.14. The van der Waals surface area contributed by atoms with Crippen LogP contribution in [0.1, 0.15) is 0 Å². The van der Waals surface area contributed by atoms with E-state index >= 15 is 0 Å². The smallest absolute Gasteiger partial charge is 0.262 e. The van der Waals surface area contributed by atoms with Gasteiger partial charge in [0.1, 0.15) is 0 Å². The first-order valence-electron chi connectivity index (χ1n) is 5.35. The molecule has 0 saturated carbocycles. The molecule has 1 aromatic carbocycles. The van der Waals surface area contributed by atoms with Crippen LogP contribution in [0.4, 0.5) is 0 Å². The SMILES string of the molecule is CN(Cn1cnc2ccc(Br)cc2c1=O)S(C)(=O)=O. The van der Waals surface area contributed by atoms with Crippen LogP contribution in [0.15, 0.2) is 33.8 Å². The fourth-order valence-corrected chi connectivity index (χ4v) is 2.25. The molecular weight excluding hydrogens is 334 g/mol. The fraction of sp³-hybridized carbons (Fsp3) is 0.273. The Bertz CT molecular complexity index is 785. The fourth-order valence-electron chi connectivity index (χ4n) is 1.55. The Hall–Kier alpha value is -1.25. The van der Waals surface area contributed by atoms with Crippen molar-refractivity contribution in [1.29, 1.82) is 0 Å². The van der Waals surface area contributed by atoms with Gasteiger partial charge in [0.2, 0.25) is 10.0 Å². The third kappa shape index (κ3) is 3.02. The summed E-state index contributed by atoms with van der Waals surface area (Å²) in [6.07, 6.45) is 2.43. The number of halogens is 1. The molecule has 8 heteroatoms. The lowest BCUT2D eigenvalue weighted by Gasteiger charge is -2.15. The minimum Gasteiger partial charge on any atom is -0.284 e. The van der Waals surface area contributed by atoms with E-state index in [-0.39, 0.29) is 12.2 Å². The largest absolute Gasteiger partial charge is 0.284 e. The first-order chi connectivity index (χ1) is 8.79. The maximum Gasteiger partial charge on any atom is 0.262 e. The van der Waals surface area contributed by atoms with Crippen LogP contribution < -0.4 is 5.56 Å². The summed E-state index contributed by atoms with van der Waals surface area (Å²) in [7, 11) is -1.93. The predicted octanol–water partition coefficient (Wildman–Crippen LogP) is 1.01. The normalized spacial score (nSPS) is 12.2. The van der Waals surface area contributed by atoms with Gasteiger partial charge in [0.05, 0.1) is 30.2 Å². The summed E-state index contributed by atoms with van der Waals surface area (Å²) < 4.78 is 25.8. The third-order valence-electron chi connectivity index (χ3n) is 2.70. The Morgan fingerprint density at radius 2 is 2.11 bits per heavy atom. The molecule has 6 nitrogen and oxygen atoms in total. The van der Waals surface area contributed by atoms with Crippen LogP contribution in [-0.4, -0.2) is 35.6 Å².